The minimum atomic E-state index is -0.871. The number of carbonyl (C=O) groups excluding carboxylic acids is 1. The summed E-state index contributed by atoms with van der Waals surface area (Å²) in [6.45, 7) is 6.16. The highest BCUT2D eigenvalue weighted by Crippen LogP contribution is 2.43. The van der Waals surface area contributed by atoms with Crippen LogP contribution in [0.25, 0.3) is 0 Å². The molecule has 0 unspecified atom stereocenters. The van der Waals surface area contributed by atoms with Crippen LogP contribution in [0.1, 0.15) is 52.9 Å². The maximum atomic E-state index is 12.1. The Hall–Kier alpha value is -2.33. The minimum absolute atomic E-state index is 0.0220. The number of nitrogens with zero attached hydrogens (tertiary/aromatic N) is 1. The Labute approximate surface area is 144 Å². The number of rotatable bonds is 8. The second-order valence-electron chi connectivity index (χ2n) is 6.87. The summed E-state index contributed by atoms with van der Waals surface area (Å²) in [7, 11) is 0. The number of hydrogen-bond donors (Lipinski definition) is 1. The standard InChI is InChI=1S/C20H25NO3/c1-5-20(10-6-7-14(2)3)12-16(13-21)18(22)11-17(20)15(4)8-9-19(23)24/h1,11-12,14-15H,6-10H2,2-4H3,(H,23,24)/t15-,20-/m0/s1. The summed E-state index contributed by atoms with van der Waals surface area (Å²) in [5.41, 5.74) is 0.0666. The zero-order valence-electron chi connectivity index (χ0n) is 14.6. The molecular formula is C20H25NO3. The van der Waals surface area contributed by atoms with E-state index in [4.69, 9.17) is 11.5 Å². The van der Waals surface area contributed by atoms with E-state index in [0.717, 1.165) is 18.4 Å². The van der Waals surface area contributed by atoms with Crippen molar-refractivity contribution < 1.29 is 14.7 Å². The molecule has 0 spiro atoms. The van der Waals surface area contributed by atoms with Gasteiger partial charge in [0.05, 0.1) is 11.0 Å². The summed E-state index contributed by atoms with van der Waals surface area (Å²) in [4.78, 5) is 23.0. The average molecular weight is 327 g/mol. The van der Waals surface area contributed by atoms with E-state index in [9.17, 15) is 14.9 Å². The highest BCUT2D eigenvalue weighted by molar-refractivity contribution is 6.09. The number of carboxylic acids is 1. The van der Waals surface area contributed by atoms with Gasteiger partial charge in [-0.3, -0.25) is 9.59 Å². The van der Waals surface area contributed by atoms with Crippen LogP contribution in [0.5, 0.6) is 0 Å². The second kappa shape index (κ2) is 8.50. The van der Waals surface area contributed by atoms with Gasteiger partial charge in [0, 0.05) is 6.42 Å². The van der Waals surface area contributed by atoms with Gasteiger partial charge >= 0.3 is 5.97 Å². The third-order valence-corrected chi connectivity index (χ3v) is 4.51. The molecule has 2 atom stereocenters. The predicted octanol–water partition coefficient (Wildman–Crippen LogP) is 3.89. The molecule has 1 N–H and O–H groups in total. The highest BCUT2D eigenvalue weighted by Gasteiger charge is 2.37. The van der Waals surface area contributed by atoms with E-state index in [1.807, 2.05) is 13.0 Å². The smallest absolute Gasteiger partial charge is 0.303 e. The topological polar surface area (TPSA) is 78.2 Å². The summed E-state index contributed by atoms with van der Waals surface area (Å²) < 4.78 is 0. The summed E-state index contributed by atoms with van der Waals surface area (Å²) >= 11 is 0. The fourth-order valence-corrected chi connectivity index (χ4v) is 3.12. The molecule has 0 bridgehead atoms. The monoisotopic (exact) mass is 327 g/mol. The van der Waals surface area contributed by atoms with Crippen LogP contribution >= 0.6 is 0 Å². The summed E-state index contributed by atoms with van der Waals surface area (Å²) in [5, 5.41) is 18.1. The molecule has 1 rings (SSSR count). The first-order chi connectivity index (χ1) is 11.3. The molecule has 4 nitrogen and oxygen atoms in total. The Balaban J connectivity index is 3.15. The van der Waals surface area contributed by atoms with Crippen molar-refractivity contribution in [3.05, 3.63) is 23.3 Å². The van der Waals surface area contributed by atoms with E-state index in [0.29, 0.717) is 18.8 Å². The highest BCUT2D eigenvalue weighted by atomic mass is 16.4. The molecule has 1 aliphatic rings. The molecule has 0 saturated heterocycles. The normalized spacial score (nSPS) is 21.5. The number of terminal acetylenes is 1. The predicted molar refractivity (Wildman–Crippen MR) is 92.8 cm³/mol. The van der Waals surface area contributed by atoms with Gasteiger partial charge in [0.25, 0.3) is 0 Å². The molecule has 24 heavy (non-hydrogen) atoms. The average Bonchev–Trinajstić information content (AvgIpc) is 2.53. The van der Waals surface area contributed by atoms with Gasteiger partial charge < -0.3 is 5.11 Å². The van der Waals surface area contributed by atoms with Crippen LogP contribution in [-0.4, -0.2) is 16.9 Å². The SMILES string of the molecule is C#C[C@]1(CCCC(C)C)C=C(C#N)C(=O)C=C1[C@@H](C)CCC(=O)O. The summed E-state index contributed by atoms with van der Waals surface area (Å²) in [6, 6.07) is 1.93. The number of aliphatic carboxylic acids is 1. The van der Waals surface area contributed by atoms with Crippen molar-refractivity contribution in [2.45, 2.75) is 52.9 Å². The molecule has 0 aromatic carbocycles. The van der Waals surface area contributed by atoms with E-state index < -0.39 is 11.4 Å². The molecule has 128 valence electrons. The van der Waals surface area contributed by atoms with Crippen LogP contribution in [0.2, 0.25) is 0 Å². The maximum Gasteiger partial charge on any atom is 0.303 e. The molecule has 0 aromatic rings. The van der Waals surface area contributed by atoms with Crippen molar-refractivity contribution in [3.63, 3.8) is 0 Å². The molecule has 0 heterocycles. The van der Waals surface area contributed by atoms with Gasteiger partial charge in [0.2, 0.25) is 0 Å². The van der Waals surface area contributed by atoms with E-state index >= 15 is 0 Å². The largest absolute Gasteiger partial charge is 0.481 e. The van der Waals surface area contributed by atoms with Crippen LogP contribution in [-0.2, 0) is 9.59 Å². The Morgan fingerprint density at radius 1 is 1.38 bits per heavy atom. The van der Waals surface area contributed by atoms with Crippen LogP contribution in [0.4, 0.5) is 0 Å². The maximum absolute atomic E-state index is 12.1. The summed E-state index contributed by atoms with van der Waals surface area (Å²) in [5.74, 6) is 2.00. The fraction of sp³-hybridized carbons (Fsp3) is 0.550. The Morgan fingerprint density at radius 2 is 2.04 bits per heavy atom. The lowest BCUT2D eigenvalue weighted by atomic mass is 9.67. The van der Waals surface area contributed by atoms with Crippen LogP contribution in [0.3, 0.4) is 0 Å². The van der Waals surface area contributed by atoms with E-state index in [-0.39, 0.29) is 23.7 Å². The second-order valence-corrected chi connectivity index (χ2v) is 6.87. The number of carboxylic acid groups (broad SMARTS) is 1. The molecule has 0 aliphatic heterocycles. The molecule has 0 saturated carbocycles. The first-order valence-electron chi connectivity index (χ1n) is 8.34. The number of allylic oxidation sites excluding steroid dienone is 4. The molecule has 0 aromatic heterocycles. The third-order valence-electron chi connectivity index (χ3n) is 4.51. The van der Waals surface area contributed by atoms with Gasteiger partial charge in [0.15, 0.2) is 5.78 Å². The van der Waals surface area contributed by atoms with Crippen molar-refractivity contribution in [3.8, 4) is 18.4 Å². The fourth-order valence-electron chi connectivity index (χ4n) is 3.12. The molecular weight excluding hydrogens is 302 g/mol. The lowest BCUT2D eigenvalue weighted by molar-refractivity contribution is -0.137. The van der Waals surface area contributed by atoms with Gasteiger partial charge in [-0.15, -0.1) is 6.42 Å². The zero-order chi connectivity index (χ0) is 18.3. The van der Waals surface area contributed by atoms with Crippen molar-refractivity contribution >= 4 is 11.8 Å². The molecule has 1 aliphatic carbocycles. The number of hydrogen-bond acceptors (Lipinski definition) is 3. The Morgan fingerprint density at radius 3 is 2.54 bits per heavy atom. The van der Waals surface area contributed by atoms with E-state index in [1.54, 1.807) is 6.08 Å². The van der Waals surface area contributed by atoms with E-state index in [1.165, 1.54) is 6.08 Å². The van der Waals surface area contributed by atoms with Crippen LogP contribution in [0, 0.1) is 40.9 Å². The first kappa shape index (κ1) is 19.7. The van der Waals surface area contributed by atoms with Crippen LogP contribution < -0.4 is 0 Å². The van der Waals surface area contributed by atoms with Crippen molar-refractivity contribution in [2.24, 2.45) is 17.3 Å². The first-order valence-corrected chi connectivity index (χ1v) is 8.34. The zero-order valence-corrected chi connectivity index (χ0v) is 14.6. The van der Waals surface area contributed by atoms with Gasteiger partial charge in [-0.25, -0.2) is 0 Å². The van der Waals surface area contributed by atoms with Gasteiger partial charge in [-0.1, -0.05) is 39.5 Å². The van der Waals surface area contributed by atoms with Gasteiger partial charge in [-0.2, -0.15) is 5.26 Å². The third kappa shape index (κ3) is 4.83. The number of ketones is 1. The lowest BCUT2D eigenvalue weighted by Gasteiger charge is -2.35. The van der Waals surface area contributed by atoms with Crippen LogP contribution in [0.15, 0.2) is 23.3 Å². The van der Waals surface area contributed by atoms with Gasteiger partial charge in [-0.05, 0) is 42.4 Å². The minimum Gasteiger partial charge on any atom is -0.481 e. The molecule has 0 radical (unpaired) electrons. The Bertz CT molecular complexity index is 643. The number of carbonyl (C=O) groups is 2. The lowest BCUT2D eigenvalue weighted by Crippen LogP contribution is -2.29. The quantitative estimate of drug-likeness (QED) is 0.686. The van der Waals surface area contributed by atoms with Crippen molar-refractivity contribution in [2.75, 3.05) is 0 Å². The number of nitriles is 1. The Kier molecular flexibility index (Phi) is 6.98. The molecule has 0 amide bonds. The summed E-state index contributed by atoms with van der Waals surface area (Å²) in [6.07, 6.45) is 11.9. The van der Waals surface area contributed by atoms with Crippen molar-refractivity contribution in [1.29, 1.82) is 5.26 Å². The van der Waals surface area contributed by atoms with E-state index in [2.05, 4.69) is 19.8 Å². The molecule has 0 fully saturated rings. The van der Waals surface area contributed by atoms with Crippen molar-refractivity contribution in [1.82, 2.24) is 0 Å². The van der Waals surface area contributed by atoms with Gasteiger partial charge in [0.1, 0.15) is 6.07 Å². The molecule has 4 heteroatoms.